The van der Waals surface area contributed by atoms with Gasteiger partial charge in [0.1, 0.15) is 0 Å². The van der Waals surface area contributed by atoms with Crippen LogP contribution in [0.25, 0.3) is 0 Å². The molecule has 27 heavy (non-hydrogen) atoms. The number of amides is 2. The summed E-state index contributed by atoms with van der Waals surface area (Å²) in [4.78, 5) is 21.9. The van der Waals surface area contributed by atoms with E-state index in [2.05, 4.69) is 40.7 Å². The van der Waals surface area contributed by atoms with Gasteiger partial charge in [0.15, 0.2) is 5.17 Å². The van der Waals surface area contributed by atoms with Gasteiger partial charge in [-0.1, -0.05) is 54.2 Å². The predicted octanol–water partition coefficient (Wildman–Crippen LogP) is 5.59. The fraction of sp³-hybridized carbons (Fsp3) is 0.364. The van der Waals surface area contributed by atoms with Gasteiger partial charge in [-0.3, -0.25) is 14.8 Å². The smallest absolute Gasteiger partial charge is 0.284 e. The number of anilines is 1. The van der Waals surface area contributed by atoms with E-state index >= 15 is 0 Å². The van der Waals surface area contributed by atoms with Crippen molar-refractivity contribution in [3.8, 4) is 0 Å². The summed E-state index contributed by atoms with van der Waals surface area (Å²) in [5, 5.41) is 0.790. The van der Waals surface area contributed by atoms with Crippen LogP contribution in [0.5, 0.6) is 0 Å². The van der Waals surface area contributed by atoms with Crippen LogP contribution in [-0.4, -0.2) is 27.5 Å². The molecule has 0 aromatic heterocycles. The van der Waals surface area contributed by atoms with Crippen molar-refractivity contribution in [1.82, 2.24) is 4.90 Å². The van der Waals surface area contributed by atoms with Gasteiger partial charge in [-0.25, -0.2) is 4.79 Å². The second-order valence-electron chi connectivity index (χ2n) is 7.84. The van der Waals surface area contributed by atoms with E-state index in [1.165, 1.54) is 5.56 Å². The lowest BCUT2D eigenvalue weighted by atomic mass is 10.1. The first kappa shape index (κ1) is 19.5. The number of hydrogen-bond acceptors (Lipinski definition) is 3. The number of hydrogen-bond donors (Lipinski definition) is 0. The summed E-state index contributed by atoms with van der Waals surface area (Å²) in [6, 6.07) is 16.2. The van der Waals surface area contributed by atoms with Crippen molar-refractivity contribution in [2.75, 3.05) is 10.8 Å². The molecule has 2 aromatic carbocycles. The minimum Gasteiger partial charge on any atom is -0.284 e. The maximum atomic E-state index is 13.4. The molecule has 0 spiro atoms. The molecule has 3 rings (SSSR count). The highest BCUT2D eigenvalue weighted by molar-refractivity contribution is 8.14. The number of carbonyl (C=O) groups excluding carboxylic acids is 1. The first-order chi connectivity index (χ1) is 12.8. The van der Waals surface area contributed by atoms with Crippen molar-refractivity contribution in [3.63, 3.8) is 0 Å². The van der Waals surface area contributed by atoms with E-state index in [0.29, 0.717) is 12.4 Å². The highest BCUT2D eigenvalue weighted by atomic mass is 32.2. The summed E-state index contributed by atoms with van der Waals surface area (Å²) in [6.07, 6.45) is 0. The molecule has 1 saturated heterocycles. The van der Waals surface area contributed by atoms with Gasteiger partial charge in [-0.15, -0.1) is 0 Å². The van der Waals surface area contributed by atoms with Crippen molar-refractivity contribution < 1.29 is 4.79 Å². The second kappa shape index (κ2) is 7.77. The number of carbonyl (C=O) groups is 1. The SMILES string of the molecule is Cc1cccc(N2CS/C(=N\C(C)(C)C)N(Cc3ccccc3)C2=O)c1C. The molecule has 1 aliphatic heterocycles. The molecule has 0 unspecified atom stereocenters. The average Bonchev–Trinajstić information content (AvgIpc) is 2.61. The number of nitrogens with zero attached hydrogens (tertiary/aromatic N) is 3. The van der Waals surface area contributed by atoms with Crippen LogP contribution in [0, 0.1) is 13.8 Å². The van der Waals surface area contributed by atoms with Crippen molar-refractivity contribution in [2.24, 2.45) is 4.99 Å². The maximum Gasteiger partial charge on any atom is 0.331 e. The maximum absolute atomic E-state index is 13.4. The standard InChI is InChI=1S/C22H27N3OS/c1-16-10-9-13-19(17(16)2)25-15-27-20(23-22(3,4)5)24(21(25)26)14-18-11-7-6-8-12-18/h6-13H,14-15H2,1-5H3/b23-20-. The Hall–Kier alpha value is -2.27. The molecule has 1 fully saturated rings. The zero-order valence-corrected chi connectivity index (χ0v) is 17.5. The second-order valence-corrected chi connectivity index (χ2v) is 8.75. The Morgan fingerprint density at radius 2 is 1.74 bits per heavy atom. The van der Waals surface area contributed by atoms with Crippen molar-refractivity contribution in [3.05, 3.63) is 65.2 Å². The number of benzene rings is 2. The first-order valence-electron chi connectivity index (χ1n) is 9.18. The largest absolute Gasteiger partial charge is 0.331 e. The summed E-state index contributed by atoms with van der Waals surface area (Å²) in [7, 11) is 0. The predicted molar refractivity (Wildman–Crippen MR) is 115 cm³/mol. The van der Waals surface area contributed by atoms with E-state index in [1.54, 1.807) is 16.7 Å². The van der Waals surface area contributed by atoms with Gasteiger partial charge < -0.3 is 0 Å². The lowest BCUT2D eigenvalue weighted by Crippen LogP contribution is -2.50. The topological polar surface area (TPSA) is 35.9 Å². The van der Waals surface area contributed by atoms with Gasteiger partial charge in [-0.2, -0.15) is 0 Å². The van der Waals surface area contributed by atoms with Crippen LogP contribution in [0.3, 0.4) is 0 Å². The van der Waals surface area contributed by atoms with Gasteiger partial charge in [0.25, 0.3) is 0 Å². The van der Waals surface area contributed by atoms with Crippen molar-refractivity contribution >= 4 is 28.6 Å². The quantitative estimate of drug-likeness (QED) is 0.695. The van der Waals surface area contributed by atoms with Crippen LogP contribution in [0.1, 0.15) is 37.5 Å². The molecule has 0 atom stereocenters. The first-order valence-corrected chi connectivity index (χ1v) is 10.2. The molecule has 4 nitrogen and oxygen atoms in total. The van der Waals surface area contributed by atoms with Crippen molar-refractivity contribution in [1.29, 1.82) is 0 Å². The Balaban J connectivity index is 1.98. The molecule has 142 valence electrons. The normalized spacial score (nSPS) is 16.9. The molecule has 0 aliphatic carbocycles. The van der Waals surface area contributed by atoms with Crippen LogP contribution in [-0.2, 0) is 6.54 Å². The van der Waals surface area contributed by atoms with Gasteiger partial charge >= 0.3 is 6.03 Å². The Labute approximate surface area is 166 Å². The third kappa shape index (κ3) is 4.53. The summed E-state index contributed by atoms with van der Waals surface area (Å²) >= 11 is 1.62. The van der Waals surface area contributed by atoms with E-state index in [-0.39, 0.29) is 11.6 Å². The highest BCUT2D eigenvalue weighted by Gasteiger charge is 2.34. The van der Waals surface area contributed by atoms with E-state index in [4.69, 9.17) is 4.99 Å². The molecular formula is C22H27N3OS. The average molecular weight is 382 g/mol. The third-order valence-corrected chi connectivity index (χ3v) is 5.45. The number of urea groups is 1. The Morgan fingerprint density at radius 3 is 2.41 bits per heavy atom. The number of rotatable bonds is 3. The highest BCUT2D eigenvalue weighted by Crippen LogP contribution is 2.31. The van der Waals surface area contributed by atoms with E-state index in [0.717, 1.165) is 22.0 Å². The number of amidine groups is 1. The fourth-order valence-corrected chi connectivity index (χ4v) is 4.10. The van der Waals surface area contributed by atoms with Crippen LogP contribution in [0.15, 0.2) is 53.5 Å². The summed E-state index contributed by atoms with van der Waals surface area (Å²) in [5.74, 6) is 0.573. The Morgan fingerprint density at radius 1 is 1.04 bits per heavy atom. The molecular weight excluding hydrogens is 354 g/mol. The van der Waals surface area contributed by atoms with Gasteiger partial charge in [0.05, 0.1) is 18.0 Å². The Kier molecular flexibility index (Phi) is 5.61. The van der Waals surface area contributed by atoms with Crippen molar-refractivity contribution in [2.45, 2.75) is 46.7 Å². The molecule has 1 heterocycles. The van der Waals surface area contributed by atoms with E-state index < -0.39 is 0 Å². The molecule has 0 saturated carbocycles. The molecule has 0 radical (unpaired) electrons. The van der Waals surface area contributed by atoms with Gasteiger partial charge in [-0.05, 0) is 57.4 Å². The summed E-state index contributed by atoms with van der Waals surface area (Å²) in [6.45, 7) is 10.8. The third-order valence-electron chi connectivity index (χ3n) is 4.50. The summed E-state index contributed by atoms with van der Waals surface area (Å²) < 4.78 is 0. The molecule has 5 heteroatoms. The zero-order valence-electron chi connectivity index (χ0n) is 16.7. The molecule has 2 aromatic rings. The van der Waals surface area contributed by atoms with Gasteiger partial charge in [0, 0.05) is 5.69 Å². The number of aliphatic imine (C=N–C) groups is 1. The molecule has 2 amide bonds. The number of thioether (sulfide) groups is 1. The Bertz CT molecular complexity index is 856. The fourth-order valence-electron chi connectivity index (χ4n) is 2.96. The van der Waals surface area contributed by atoms with Gasteiger partial charge in [0.2, 0.25) is 0 Å². The number of aryl methyl sites for hydroxylation is 1. The zero-order chi connectivity index (χ0) is 19.6. The summed E-state index contributed by atoms with van der Waals surface area (Å²) in [5.41, 5.74) is 4.16. The van der Waals surface area contributed by atoms with Crippen LogP contribution >= 0.6 is 11.8 Å². The van der Waals surface area contributed by atoms with E-state index in [9.17, 15) is 4.79 Å². The van der Waals surface area contributed by atoms with Crippen LogP contribution in [0.2, 0.25) is 0 Å². The molecule has 1 aliphatic rings. The monoisotopic (exact) mass is 381 g/mol. The minimum atomic E-state index is -0.237. The lowest BCUT2D eigenvalue weighted by molar-refractivity contribution is 0.226. The minimum absolute atomic E-state index is 0.0192. The molecule has 0 N–H and O–H groups in total. The molecule has 0 bridgehead atoms. The van der Waals surface area contributed by atoms with Crippen LogP contribution < -0.4 is 4.90 Å². The van der Waals surface area contributed by atoms with Crippen LogP contribution in [0.4, 0.5) is 10.5 Å². The lowest BCUT2D eigenvalue weighted by Gasteiger charge is -2.37. The van der Waals surface area contributed by atoms with E-state index in [1.807, 2.05) is 47.4 Å².